The van der Waals surface area contributed by atoms with Crippen LogP contribution in [0.25, 0.3) is 0 Å². The van der Waals surface area contributed by atoms with Gasteiger partial charge >= 0.3 is 0 Å². The van der Waals surface area contributed by atoms with Crippen LogP contribution < -0.4 is 5.32 Å². The van der Waals surface area contributed by atoms with E-state index in [1.807, 2.05) is 0 Å². The summed E-state index contributed by atoms with van der Waals surface area (Å²) in [7, 11) is 0. The lowest BCUT2D eigenvalue weighted by atomic mass is 10.1. The predicted octanol–water partition coefficient (Wildman–Crippen LogP) is 3.47. The Bertz CT molecular complexity index is 119. The standard InChI is InChI=1S/C14H31NO/c1-13(2)7-5-6-9-15-10-12-16-11-8-14(3)4/h13-15H,5-12H2,1-4H3. The monoisotopic (exact) mass is 229 g/mol. The molecule has 0 aromatic carbocycles. The van der Waals surface area contributed by atoms with Crippen LogP contribution in [0.1, 0.15) is 53.4 Å². The second-order valence-corrected chi connectivity index (χ2v) is 5.43. The first-order valence-electron chi connectivity index (χ1n) is 6.91. The van der Waals surface area contributed by atoms with E-state index in [2.05, 4.69) is 33.0 Å². The fourth-order valence-electron chi connectivity index (χ4n) is 1.49. The first-order chi connectivity index (χ1) is 7.63. The van der Waals surface area contributed by atoms with Crippen molar-refractivity contribution in [1.29, 1.82) is 0 Å². The van der Waals surface area contributed by atoms with Gasteiger partial charge in [0, 0.05) is 13.2 Å². The van der Waals surface area contributed by atoms with Crippen LogP contribution in [-0.2, 0) is 4.74 Å². The molecule has 0 aliphatic heterocycles. The molecule has 0 fully saturated rings. The third-order valence-corrected chi connectivity index (χ3v) is 2.65. The topological polar surface area (TPSA) is 21.3 Å². The second-order valence-electron chi connectivity index (χ2n) is 5.43. The van der Waals surface area contributed by atoms with E-state index in [1.165, 1.54) is 25.7 Å². The van der Waals surface area contributed by atoms with Crippen molar-refractivity contribution in [3.63, 3.8) is 0 Å². The number of nitrogens with one attached hydrogen (secondary N) is 1. The fraction of sp³-hybridized carbons (Fsp3) is 1.00. The molecule has 0 bridgehead atoms. The molecule has 0 unspecified atom stereocenters. The Labute approximate surface area is 102 Å². The summed E-state index contributed by atoms with van der Waals surface area (Å²) in [6.07, 6.45) is 5.17. The minimum atomic E-state index is 0.754. The molecular weight excluding hydrogens is 198 g/mol. The third kappa shape index (κ3) is 13.9. The first kappa shape index (κ1) is 15.9. The summed E-state index contributed by atoms with van der Waals surface area (Å²) in [5, 5.41) is 3.42. The van der Waals surface area contributed by atoms with Crippen molar-refractivity contribution >= 4 is 0 Å². The summed E-state index contributed by atoms with van der Waals surface area (Å²) >= 11 is 0. The maximum atomic E-state index is 5.53. The Kier molecular flexibility index (Phi) is 11.3. The van der Waals surface area contributed by atoms with Crippen LogP contribution in [-0.4, -0.2) is 26.3 Å². The lowest BCUT2D eigenvalue weighted by Crippen LogP contribution is -2.21. The summed E-state index contributed by atoms with van der Waals surface area (Å²) in [6.45, 7) is 12.9. The molecule has 0 spiro atoms. The van der Waals surface area contributed by atoms with Gasteiger partial charge in [0.05, 0.1) is 6.61 Å². The molecule has 2 nitrogen and oxygen atoms in total. The van der Waals surface area contributed by atoms with Gasteiger partial charge in [0.15, 0.2) is 0 Å². The Balaban J connectivity index is 2.93. The largest absolute Gasteiger partial charge is 0.380 e. The average molecular weight is 229 g/mol. The van der Waals surface area contributed by atoms with Gasteiger partial charge in [0.1, 0.15) is 0 Å². The van der Waals surface area contributed by atoms with Gasteiger partial charge in [-0.25, -0.2) is 0 Å². The summed E-state index contributed by atoms with van der Waals surface area (Å²) in [5.41, 5.74) is 0. The molecule has 0 rings (SSSR count). The van der Waals surface area contributed by atoms with E-state index in [0.29, 0.717) is 0 Å². The van der Waals surface area contributed by atoms with Crippen molar-refractivity contribution in [2.24, 2.45) is 11.8 Å². The summed E-state index contributed by atoms with van der Waals surface area (Å²) in [6, 6.07) is 0. The molecule has 0 aromatic rings. The van der Waals surface area contributed by atoms with Crippen molar-refractivity contribution in [3.8, 4) is 0 Å². The average Bonchev–Trinajstić information content (AvgIpc) is 2.20. The molecule has 0 amide bonds. The molecular formula is C14H31NO. The van der Waals surface area contributed by atoms with Crippen LogP contribution in [0.4, 0.5) is 0 Å². The summed E-state index contributed by atoms with van der Waals surface area (Å²) < 4.78 is 5.53. The van der Waals surface area contributed by atoms with Crippen LogP contribution in [0.5, 0.6) is 0 Å². The molecule has 16 heavy (non-hydrogen) atoms. The third-order valence-electron chi connectivity index (χ3n) is 2.65. The highest BCUT2D eigenvalue weighted by Gasteiger charge is 1.95. The first-order valence-corrected chi connectivity index (χ1v) is 6.91. The van der Waals surface area contributed by atoms with Gasteiger partial charge in [-0.3, -0.25) is 0 Å². The maximum absolute atomic E-state index is 5.53. The van der Waals surface area contributed by atoms with Crippen LogP contribution in [0, 0.1) is 11.8 Å². The lowest BCUT2D eigenvalue weighted by molar-refractivity contribution is 0.125. The highest BCUT2D eigenvalue weighted by atomic mass is 16.5. The van der Waals surface area contributed by atoms with E-state index in [0.717, 1.165) is 38.1 Å². The SMILES string of the molecule is CC(C)CCCCNCCOCCC(C)C. The molecule has 0 saturated heterocycles. The highest BCUT2D eigenvalue weighted by molar-refractivity contribution is 4.51. The molecule has 1 N–H and O–H groups in total. The quantitative estimate of drug-likeness (QED) is 0.548. The van der Waals surface area contributed by atoms with E-state index < -0.39 is 0 Å². The van der Waals surface area contributed by atoms with Crippen LogP contribution >= 0.6 is 0 Å². The minimum Gasteiger partial charge on any atom is -0.380 e. The molecule has 0 heterocycles. The van der Waals surface area contributed by atoms with Gasteiger partial charge in [0.25, 0.3) is 0 Å². The van der Waals surface area contributed by atoms with Gasteiger partial charge in [-0.1, -0.05) is 40.5 Å². The molecule has 0 radical (unpaired) electrons. The zero-order valence-corrected chi connectivity index (χ0v) is 11.7. The summed E-state index contributed by atoms with van der Waals surface area (Å²) in [5.74, 6) is 1.60. The van der Waals surface area contributed by atoms with E-state index in [1.54, 1.807) is 0 Å². The molecule has 98 valence electrons. The second kappa shape index (κ2) is 11.4. The Hall–Kier alpha value is -0.0800. The molecule has 0 atom stereocenters. The van der Waals surface area contributed by atoms with Gasteiger partial charge in [-0.2, -0.15) is 0 Å². The van der Waals surface area contributed by atoms with Gasteiger partial charge in [-0.15, -0.1) is 0 Å². The number of hydrogen-bond donors (Lipinski definition) is 1. The predicted molar refractivity (Wildman–Crippen MR) is 71.8 cm³/mol. The molecule has 0 saturated carbocycles. The number of unbranched alkanes of at least 4 members (excludes halogenated alkanes) is 1. The van der Waals surface area contributed by atoms with E-state index in [4.69, 9.17) is 4.74 Å². The Morgan fingerprint density at radius 2 is 1.50 bits per heavy atom. The van der Waals surface area contributed by atoms with Crippen LogP contribution in [0.15, 0.2) is 0 Å². The van der Waals surface area contributed by atoms with Gasteiger partial charge in [-0.05, 0) is 31.2 Å². The van der Waals surface area contributed by atoms with Crippen LogP contribution in [0.2, 0.25) is 0 Å². The zero-order chi connectivity index (χ0) is 12.2. The van der Waals surface area contributed by atoms with E-state index in [9.17, 15) is 0 Å². The van der Waals surface area contributed by atoms with Crippen LogP contribution in [0.3, 0.4) is 0 Å². The molecule has 0 aliphatic carbocycles. The fourth-order valence-corrected chi connectivity index (χ4v) is 1.49. The number of hydrogen-bond acceptors (Lipinski definition) is 2. The molecule has 2 heteroatoms. The summed E-state index contributed by atoms with van der Waals surface area (Å²) in [4.78, 5) is 0. The normalized spacial score (nSPS) is 11.6. The molecule has 0 aromatic heterocycles. The number of rotatable bonds is 11. The van der Waals surface area contributed by atoms with Crippen molar-refractivity contribution in [3.05, 3.63) is 0 Å². The molecule has 0 aliphatic rings. The van der Waals surface area contributed by atoms with Crippen molar-refractivity contribution in [1.82, 2.24) is 5.32 Å². The van der Waals surface area contributed by atoms with Gasteiger partial charge < -0.3 is 10.1 Å². The van der Waals surface area contributed by atoms with Crippen molar-refractivity contribution in [2.75, 3.05) is 26.3 Å². The lowest BCUT2D eigenvalue weighted by Gasteiger charge is -2.08. The Morgan fingerprint density at radius 3 is 2.12 bits per heavy atom. The van der Waals surface area contributed by atoms with E-state index in [-0.39, 0.29) is 0 Å². The zero-order valence-electron chi connectivity index (χ0n) is 11.7. The van der Waals surface area contributed by atoms with Crippen molar-refractivity contribution < 1.29 is 4.74 Å². The Morgan fingerprint density at radius 1 is 0.812 bits per heavy atom. The van der Waals surface area contributed by atoms with Gasteiger partial charge in [0.2, 0.25) is 0 Å². The number of ether oxygens (including phenoxy) is 1. The van der Waals surface area contributed by atoms with E-state index >= 15 is 0 Å². The smallest absolute Gasteiger partial charge is 0.0590 e. The minimum absolute atomic E-state index is 0.754. The highest BCUT2D eigenvalue weighted by Crippen LogP contribution is 2.04. The maximum Gasteiger partial charge on any atom is 0.0590 e. The van der Waals surface area contributed by atoms with Crippen molar-refractivity contribution in [2.45, 2.75) is 53.4 Å².